The second-order valence-corrected chi connectivity index (χ2v) is 11.7. The lowest BCUT2D eigenvalue weighted by atomic mass is 10.0. The molecule has 0 saturated heterocycles. The summed E-state index contributed by atoms with van der Waals surface area (Å²) in [7, 11) is 0. The smallest absolute Gasteiger partial charge is 0.326 e. The van der Waals surface area contributed by atoms with Gasteiger partial charge in [0, 0.05) is 12.8 Å². The Morgan fingerprint density at radius 2 is 1.08 bits per heavy atom. The van der Waals surface area contributed by atoms with E-state index in [9.17, 15) is 24.3 Å². The maximum Gasteiger partial charge on any atom is 0.326 e. The summed E-state index contributed by atoms with van der Waals surface area (Å²) < 4.78 is 11.1. The molecule has 0 aromatic heterocycles. The summed E-state index contributed by atoms with van der Waals surface area (Å²) in [6.07, 6.45) is 0.911. The van der Waals surface area contributed by atoms with Gasteiger partial charge in [-0.1, -0.05) is 91.0 Å². The fraction of sp³-hybridized carbons (Fsp3) is 0.263. The van der Waals surface area contributed by atoms with E-state index < -0.39 is 47.9 Å². The number of benzene rings is 4. The summed E-state index contributed by atoms with van der Waals surface area (Å²) in [5, 5.41) is 15.2. The standard InChI is InChI=1S/C38H42N4O7/c39-31(17-10-18-32(40)38(47)48-25-28-13-6-2-7-14-28)35(43)41-33(36(44)42-34(37(45)46)24-26-11-4-1-5-12-26)23-27-19-21-30(22-20-27)49-29-15-8-3-9-16-29/h1-9,11-16,19-22,31-34H,10,17-18,23-25,39-40H2,(H,41,43)(H,42,44)(H,45,46)/t31-,32?,33-,34-/m0/s1. The molecule has 0 radical (unpaired) electrons. The van der Waals surface area contributed by atoms with Gasteiger partial charge in [0.2, 0.25) is 11.8 Å². The Balaban J connectivity index is 1.36. The number of carboxylic acid groups (broad SMARTS) is 1. The summed E-state index contributed by atoms with van der Waals surface area (Å²) in [6, 6.07) is 30.2. The van der Waals surface area contributed by atoms with E-state index in [0.29, 0.717) is 23.5 Å². The van der Waals surface area contributed by atoms with Crippen molar-refractivity contribution >= 4 is 23.8 Å². The fourth-order valence-corrected chi connectivity index (χ4v) is 5.01. The number of ether oxygens (including phenoxy) is 2. The maximum absolute atomic E-state index is 13.5. The molecule has 4 aromatic carbocycles. The fourth-order valence-electron chi connectivity index (χ4n) is 5.01. The zero-order valence-electron chi connectivity index (χ0n) is 27.1. The number of amides is 2. The van der Waals surface area contributed by atoms with Crippen LogP contribution in [0.4, 0.5) is 0 Å². The van der Waals surface area contributed by atoms with E-state index in [1.54, 1.807) is 48.5 Å². The zero-order chi connectivity index (χ0) is 35.0. The maximum atomic E-state index is 13.5. The average molecular weight is 667 g/mol. The number of nitrogens with one attached hydrogen (secondary N) is 2. The van der Waals surface area contributed by atoms with Crippen LogP contribution in [0.15, 0.2) is 115 Å². The third kappa shape index (κ3) is 12.2. The molecule has 0 saturated carbocycles. The topological polar surface area (TPSA) is 183 Å². The van der Waals surface area contributed by atoms with Crippen LogP contribution in [0.1, 0.15) is 36.0 Å². The van der Waals surface area contributed by atoms with Crippen LogP contribution < -0.4 is 26.8 Å². The lowest BCUT2D eigenvalue weighted by molar-refractivity contribution is -0.146. The summed E-state index contributed by atoms with van der Waals surface area (Å²) in [5.41, 5.74) is 14.5. The van der Waals surface area contributed by atoms with Crippen LogP contribution in [0.2, 0.25) is 0 Å². The molecular weight excluding hydrogens is 624 g/mol. The highest BCUT2D eigenvalue weighted by molar-refractivity contribution is 5.92. The van der Waals surface area contributed by atoms with E-state index in [1.165, 1.54) is 0 Å². The SMILES string of the molecule is NC(CCC[C@H](N)C(=O)N[C@@H](Cc1ccc(Oc2ccccc2)cc1)C(=O)N[C@@H](Cc1ccccc1)C(=O)O)C(=O)OCc1ccccc1. The molecule has 4 atom stereocenters. The monoisotopic (exact) mass is 666 g/mol. The average Bonchev–Trinajstić information content (AvgIpc) is 3.11. The van der Waals surface area contributed by atoms with Gasteiger partial charge in [0.05, 0.1) is 6.04 Å². The minimum Gasteiger partial charge on any atom is -0.480 e. The van der Waals surface area contributed by atoms with Gasteiger partial charge >= 0.3 is 11.9 Å². The molecule has 49 heavy (non-hydrogen) atoms. The molecule has 256 valence electrons. The van der Waals surface area contributed by atoms with Gasteiger partial charge in [-0.25, -0.2) is 4.79 Å². The quantitative estimate of drug-likeness (QED) is 0.0984. The van der Waals surface area contributed by atoms with E-state index in [-0.39, 0.29) is 32.3 Å². The Labute approximate surface area is 285 Å². The van der Waals surface area contributed by atoms with E-state index >= 15 is 0 Å². The molecule has 11 heteroatoms. The number of rotatable bonds is 18. The van der Waals surface area contributed by atoms with Crippen molar-refractivity contribution in [3.05, 3.63) is 132 Å². The first kappa shape index (κ1) is 36.3. The van der Waals surface area contributed by atoms with Gasteiger partial charge < -0.3 is 36.7 Å². The number of esters is 1. The van der Waals surface area contributed by atoms with Crippen LogP contribution >= 0.6 is 0 Å². The number of hydrogen-bond donors (Lipinski definition) is 5. The number of para-hydroxylation sites is 1. The molecule has 0 bridgehead atoms. The van der Waals surface area contributed by atoms with Gasteiger partial charge in [-0.15, -0.1) is 0 Å². The lowest BCUT2D eigenvalue weighted by Crippen LogP contribution is -2.55. The Hall–Kier alpha value is -5.52. The van der Waals surface area contributed by atoms with Crippen molar-refractivity contribution in [2.75, 3.05) is 0 Å². The van der Waals surface area contributed by atoms with Crippen molar-refractivity contribution < 1.29 is 33.8 Å². The number of nitrogens with two attached hydrogens (primary N) is 2. The van der Waals surface area contributed by atoms with Crippen molar-refractivity contribution in [1.29, 1.82) is 0 Å². The highest BCUT2D eigenvalue weighted by Gasteiger charge is 2.29. The van der Waals surface area contributed by atoms with E-state index in [0.717, 1.165) is 11.1 Å². The summed E-state index contributed by atoms with van der Waals surface area (Å²) in [6.45, 7) is 0.107. The summed E-state index contributed by atoms with van der Waals surface area (Å²) in [4.78, 5) is 51.2. The molecule has 0 aliphatic heterocycles. The van der Waals surface area contributed by atoms with E-state index in [4.69, 9.17) is 20.9 Å². The first-order valence-electron chi connectivity index (χ1n) is 16.1. The molecule has 4 rings (SSSR count). The second kappa shape index (κ2) is 18.7. The molecule has 0 fully saturated rings. The Kier molecular flexibility index (Phi) is 13.9. The van der Waals surface area contributed by atoms with Crippen LogP contribution in [0.3, 0.4) is 0 Å². The van der Waals surface area contributed by atoms with Crippen LogP contribution in [0.5, 0.6) is 11.5 Å². The van der Waals surface area contributed by atoms with Gasteiger partial charge in [0.1, 0.15) is 36.2 Å². The predicted molar refractivity (Wildman–Crippen MR) is 184 cm³/mol. The van der Waals surface area contributed by atoms with Crippen molar-refractivity contribution in [3.63, 3.8) is 0 Å². The Morgan fingerprint density at radius 1 is 0.592 bits per heavy atom. The molecule has 11 nitrogen and oxygen atoms in total. The third-order valence-electron chi connectivity index (χ3n) is 7.77. The molecule has 7 N–H and O–H groups in total. The van der Waals surface area contributed by atoms with Crippen LogP contribution in [0, 0.1) is 0 Å². The van der Waals surface area contributed by atoms with Gasteiger partial charge in [-0.05, 0) is 60.2 Å². The van der Waals surface area contributed by atoms with Gasteiger partial charge in [0.25, 0.3) is 0 Å². The van der Waals surface area contributed by atoms with Gasteiger partial charge in [-0.3, -0.25) is 14.4 Å². The van der Waals surface area contributed by atoms with Crippen LogP contribution in [0.25, 0.3) is 0 Å². The Bertz CT molecular complexity index is 1640. The third-order valence-corrected chi connectivity index (χ3v) is 7.77. The first-order valence-corrected chi connectivity index (χ1v) is 16.1. The molecule has 1 unspecified atom stereocenters. The molecule has 0 aliphatic rings. The highest BCUT2D eigenvalue weighted by Crippen LogP contribution is 2.22. The number of aliphatic carboxylic acids is 1. The van der Waals surface area contributed by atoms with Crippen molar-refractivity contribution in [2.45, 2.75) is 62.9 Å². The van der Waals surface area contributed by atoms with Gasteiger partial charge in [-0.2, -0.15) is 0 Å². The van der Waals surface area contributed by atoms with Crippen molar-refractivity contribution in [2.24, 2.45) is 11.5 Å². The number of carbonyl (C=O) groups is 4. The van der Waals surface area contributed by atoms with Crippen LogP contribution in [-0.4, -0.2) is 53.0 Å². The van der Waals surface area contributed by atoms with E-state index in [1.807, 2.05) is 66.7 Å². The number of hydrogen-bond acceptors (Lipinski definition) is 8. The molecule has 0 spiro atoms. The minimum atomic E-state index is -1.23. The highest BCUT2D eigenvalue weighted by atomic mass is 16.5. The summed E-state index contributed by atoms with van der Waals surface area (Å²) in [5.74, 6) is -1.78. The van der Waals surface area contributed by atoms with Crippen molar-refractivity contribution in [1.82, 2.24) is 10.6 Å². The number of carbonyl (C=O) groups excluding carboxylic acids is 3. The second-order valence-electron chi connectivity index (χ2n) is 11.7. The molecule has 0 aliphatic carbocycles. The van der Waals surface area contributed by atoms with E-state index in [2.05, 4.69) is 10.6 Å². The van der Waals surface area contributed by atoms with Crippen LogP contribution in [-0.2, 0) is 43.4 Å². The van der Waals surface area contributed by atoms with Crippen molar-refractivity contribution in [3.8, 4) is 11.5 Å². The zero-order valence-corrected chi connectivity index (χ0v) is 27.1. The molecule has 0 heterocycles. The normalized spacial score (nSPS) is 13.3. The molecular formula is C38H42N4O7. The first-order chi connectivity index (χ1) is 23.7. The Morgan fingerprint density at radius 3 is 1.69 bits per heavy atom. The molecule has 4 aromatic rings. The van der Waals surface area contributed by atoms with Gasteiger partial charge in [0.15, 0.2) is 0 Å². The molecule has 2 amide bonds. The summed E-state index contributed by atoms with van der Waals surface area (Å²) >= 11 is 0. The minimum absolute atomic E-state index is 0.0572. The predicted octanol–water partition coefficient (Wildman–Crippen LogP) is 3.89. The number of carboxylic acids is 1. The largest absolute Gasteiger partial charge is 0.480 e. The lowest BCUT2D eigenvalue weighted by Gasteiger charge is -2.23.